The van der Waals surface area contributed by atoms with Gasteiger partial charge in [0, 0.05) is 18.5 Å². The molecule has 0 atom stereocenters. The average Bonchev–Trinajstić information content (AvgIpc) is 2.27. The number of halogens is 1. The van der Waals surface area contributed by atoms with Crippen molar-refractivity contribution in [1.82, 2.24) is 9.88 Å². The monoisotopic (exact) mass is 302 g/mol. The van der Waals surface area contributed by atoms with Gasteiger partial charge in [-0.25, -0.2) is 4.98 Å². The molecule has 0 aromatic carbocycles. The molecular weight excluding hydrogens is 284 g/mol. The highest BCUT2D eigenvalue weighted by Crippen LogP contribution is 2.25. The number of aromatic nitrogens is 1. The van der Waals surface area contributed by atoms with E-state index in [0.717, 1.165) is 34.9 Å². The van der Waals surface area contributed by atoms with Gasteiger partial charge in [-0.1, -0.05) is 13.8 Å². The zero-order chi connectivity index (χ0) is 12.0. The largest absolute Gasteiger partial charge is 0.303 e. The van der Waals surface area contributed by atoms with E-state index in [-0.39, 0.29) is 0 Å². The van der Waals surface area contributed by atoms with Crippen molar-refractivity contribution in [2.75, 3.05) is 25.4 Å². The summed E-state index contributed by atoms with van der Waals surface area (Å²) < 4.78 is 1.11. The number of aryl methyl sites for hydroxylation is 1. The maximum Gasteiger partial charge on any atom is 0.110 e. The zero-order valence-corrected chi connectivity index (χ0v) is 12.6. The van der Waals surface area contributed by atoms with Crippen molar-refractivity contribution in [2.24, 2.45) is 0 Å². The summed E-state index contributed by atoms with van der Waals surface area (Å²) >= 11 is 5.37. The second-order valence-electron chi connectivity index (χ2n) is 3.67. The van der Waals surface area contributed by atoms with Crippen LogP contribution in [0.4, 0.5) is 0 Å². The van der Waals surface area contributed by atoms with Crippen LogP contribution in [0, 0.1) is 6.92 Å². The Labute approximate surface area is 111 Å². The Balaban J connectivity index is 2.42. The number of thioether (sulfide) groups is 1. The Bertz CT molecular complexity index is 327. The summed E-state index contributed by atoms with van der Waals surface area (Å²) in [6.07, 6.45) is 1.92. The van der Waals surface area contributed by atoms with E-state index in [2.05, 4.69) is 52.7 Å². The molecule has 0 spiro atoms. The van der Waals surface area contributed by atoms with Crippen molar-refractivity contribution < 1.29 is 0 Å². The minimum absolute atomic E-state index is 1.09. The van der Waals surface area contributed by atoms with Crippen molar-refractivity contribution in [1.29, 1.82) is 0 Å². The van der Waals surface area contributed by atoms with Crippen molar-refractivity contribution in [3.8, 4) is 0 Å². The molecule has 1 aromatic heterocycles. The Morgan fingerprint density at radius 1 is 1.38 bits per heavy atom. The molecule has 0 bridgehead atoms. The summed E-state index contributed by atoms with van der Waals surface area (Å²) in [4.78, 5) is 6.85. The quantitative estimate of drug-likeness (QED) is 0.747. The molecule has 0 N–H and O–H groups in total. The molecule has 1 rings (SSSR count). The van der Waals surface area contributed by atoms with Gasteiger partial charge in [0.25, 0.3) is 0 Å². The molecule has 1 aromatic rings. The van der Waals surface area contributed by atoms with Crippen molar-refractivity contribution >= 4 is 27.7 Å². The van der Waals surface area contributed by atoms with Gasteiger partial charge < -0.3 is 4.90 Å². The first-order valence-electron chi connectivity index (χ1n) is 5.64. The summed E-state index contributed by atoms with van der Waals surface area (Å²) in [5.41, 5.74) is 1.19. The topological polar surface area (TPSA) is 16.1 Å². The molecule has 4 heteroatoms. The van der Waals surface area contributed by atoms with E-state index in [1.807, 2.05) is 18.0 Å². The summed E-state index contributed by atoms with van der Waals surface area (Å²) in [5.74, 6) is 1.09. The smallest absolute Gasteiger partial charge is 0.110 e. The Morgan fingerprint density at radius 3 is 2.62 bits per heavy atom. The van der Waals surface area contributed by atoms with E-state index in [1.54, 1.807) is 0 Å². The highest BCUT2D eigenvalue weighted by molar-refractivity contribution is 9.10. The molecule has 0 amide bonds. The number of rotatable bonds is 6. The van der Waals surface area contributed by atoms with Gasteiger partial charge in [-0.15, -0.1) is 11.8 Å². The lowest BCUT2D eigenvalue weighted by molar-refractivity contribution is 0.324. The maximum atomic E-state index is 4.42. The van der Waals surface area contributed by atoms with E-state index < -0.39 is 0 Å². The molecule has 0 aliphatic rings. The highest BCUT2D eigenvalue weighted by Gasteiger charge is 2.04. The van der Waals surface area contributed by atoms with Crippen molar-refractivity contribution in [3.63, 3.8) is 0 Å². The molecule has 0 radical (unpaired) electrons. The van der Waals surface area contributed by atoms with Gasteiger partial charge in [0.1, 0.15) is 5.03 Å². The normalized spacial score (nSPS) is 11.1. The van der Waals surface area contributed by atoms with Gasteiger partial charge in [0.15, 0.2) is 0 Å². The molecule has 16 heavy (non-hydrogen) atoms. The average molecular weight is 303 g/mol. The molecule has 0 saturated heterocycles. The predicted molar refractivity (Wildman–Crippen MR) is 75.2 cm³/mol. The Hall–Kier alpha value is -0.0600. The molecule has 0 fully saturated rings. The first-order valence-corrected chi connectivity index (χ1v) is 7.42. The Morgan fingerprint density at radius 2 is 2.06 bits per heavy atom. The van der Waals surface area contributed by atoms with Crippen LogP contribution in [-0.2, 0) is 0 Å². The Kier molecular flexibility index (Phi) is 6.39. The fourth-order valence-electron chi connectivity index (χ4n) is 1.44. The van der Waals surface area contributed by atoms with Gasteiger partial charge in [-0.05, 0) is 47.6 Å². The summed E-state index contributed by atoms with van der Waals surface area (Å²) in [5, 5.41) is 1.10. The van der Waals surface area contributed by atoms with E-state index in [9.17, 15) is 0 Å². The zero-order valence-electron chi connectivity index (χ0n) is 10.2. The van der Waals surface area contributed by atoms with Gasteiger partial charge in [0.2, 0.25) is 0 Å². The number of hydrogen-bond donors (Lipinski definition) is 0. The fraction of sp³-hybridized carbons (Fsp3) is 0.583. The third-order valence-corrected chi connectivity index (χ3v) is 4.34. The van der Waals surface area contributed by atoms with Crippen LogP contribution in [0.2, 0.25) is 0 Å². The van der Waals surface area contributed by atoms with Gasteiger partial charge in [0.05, 0.1) is 4.47 Å². The third-order valence-electron chi connectivity index (χ3n) is 2.48. The van der Waals surface area contributed by atoms with E-state index >= 15 is 0 Å². The van der Waals surface area contributed by atoms with Crippen LogP contribution in [0.5, 0.6) is 0 Å². The van der Waals surface area contributed by atoms with Crippen LogP contribution in [0.1, 0.15) is 19.4 Å². The molecule has 90 valence electrons. The van der Waals surface area contributed by atoms with Crippen LogP contribution in [-0.4, -0.2) is 35.3 Å². The standard InChI is InChI=1S/C12H19BrN2S/c1-4-15(5-2)6-7-16-12-11(13)8-10(3)9-14-12/h8-9H,4-7H2,1-3H3. The molecular formula is C12H19BrN2S. The second-order valence-corrected chi connectivity index (χ2v) is 5.61. The van der Waals surface area contributed by atoms with E-state index in [4.69, 9.17) is 0 Å². The number of hydrogen-bond acceptors (Lipinski definition) is 3. The minimum atomic E-state index is 1.09. The SMILES string of the molecule is CCN(CC)CCSc1ncc(C)cc1Br. The lowest BCUT2D eigenvalue weighted by Gasteiger charge is -2.17. The molecule has 0 aliphatic carbocycles. The first-order chi connectivity index (χ1) is 7.67. The van der Waals surface area contributed by atoms with Crippen LogP contribution in [0.15, 0.2) is 21.8 Å². The minimum Gasteiger partial charge on any atom is -0.303 e. The van der Waals surface area contributed by atoms with Crippen molar-refractivity contribution in [2.45, 2.75) is 25.8 Å². The molecule has 0 unspecified atom stereocenters. The van der Waals surface area contributed by atoms with Crippen LogP contribution in [0.25, 0.3) is 0 Å². The molecule has 0 aliphatic heterocycles. The molecule has 0 saturated carbocycles. The highest BCUT2D eigenvalue weighted by atomic mass is 79.9. The van der Waals surface area contributed by atoms with E-state index in [1.165, 1.54) is 5.56 Å². The fourth-order valence-corrected chi connectivity index (χ4v) is 3.11. The van der Waals surface area contributed by atoms with Crippen LogP contribution < -0.4 is 0 Å². The first kappa shape index (κ1) is 14.0. The molecule has 2 nitrogen and oxygen atoms in total. The summed E-state index contributed by atoms with van der Waals surface area (Å²) in [6, 6.07) is 2.12. The second kappa shape index (κ2) is 7.30. The predicted octanol–water partition coefficient (Wildman–Crippen LogP) is 3.59. The van der Waals surface area contributed by atoms with Gasteiger partial charge in [-0.3, -0.25) is 0 Å². The lowest BCUT2D eigenvalue weighted by atomic mass is 10.3. The maximum absolute atomic E-state index is 4.42. The number of nitrogens with zero attached hydrogens (tertiary/aromatic N) is 2. The van der Waals surface area contributed by atoms with Crippen LogP contribution in [0.3, 0.4) is 0 Å². The summed E-state index contributed by atoms with van der Waals surface area (Å²) in [6.45, 7) is 9.84. The lowest BCUT2D eigenvalue weighted by Crippen LogP contribution is -2.25. The molecule has 1 heterocycles. The van der Waals surface area contributed by atoms with Gasteiger partial charge >= 0.3 is 0 Å². The van der Waals surface area contributed by atoms with Gasteiger partial charge in [-0.2, -0.15) is 0 Å². The van der Waals surface area contributed by atoms with Crippen LogP contribution >= 0.6 is 27.7 Å². The summed E-state index contributed by atoms with van der Waals surface area (Å²) in [7, 11) is 0. The van der Waals surface area contributed by atoms with Crippen molar-refractivity contribution in [3.05, 3.63) is 22.3 Å². The number of pyridine rings is 1. The van der Waals surface area contributed by atoms with E-state index in [0.29, 0.717) is 0 Å². The third kappa shape index (κ3) is 4.44.